The first-order valence-corrected chi connectivity index (χ1v) is 5.49. The van der Waals surface area contributed by atoms with Gasteiger partial charge in [-0.15, -0.1) is 0 Å². The molecular formula is C12H14O3S. The molecule has 0 saturated heterocycles. The van der Waals surface area contributed by atoms with Gasteiger partial charge in [-0.05, 0) is 12.5 Å². The molecule has 0 aliphatic rings. The van der Waals surface area contributed by atoms with Crippen molar-refractivity contribution >= 4 is 24.4 Å². The van der Waals surface area contributed by atoms with Crippen molar-refractivity contribution in [3.05, 3.63) is 35.9 Å². The Morgan fingerprint density at radius 2 is 1.88 bits per heavy atom. The van der Waals surface area contributed by atoms with E-state index in [9.17, 15) is 9.59 Å². The van der Waals surface area contributed by atoms with Gasteiger partial charge in [0.25, 0.3) is 0 Å². The van der Waals surface area contributed by atoms with E-state index in [1.807, 2.05) is 30.3 Å². The molecule has 16 heavy (non-hydrogen) atoms. The highest BCUT2D eigenvalue weighted by atomic mass is 32.1. The number of hydrogen-bond acceptors (Lipinski definition) is 3. The first kappa shape index (κ1) is 12.8. The molecule has 2 unspecified atom stereocenters. The largest absolute Gasteiger partial charge is 0.481 e. The van der Waals surface area contributed by atoms with E-state index in [1.54, 1.807) is 0 Å². The predicted molar refractivity (Wildman–Crippen MR) is 64.6 cm³/mol. The van der Waals surface area contributed by atoms with E-state index in [-0.39, 0.29) is 12.2 Å². The van der Waals surface area contributed by atoms with Gasteiger partial charge in [-0.3, -0.25) is 4.79 Å². The number of hydrogen-bond donors (Lipinski definition) is 2. The number of rotatable bonds is 5. The van der Waals surface area contributed by atoms with Gasteiger partial charge in [-0.1, -0.05) is 30.3 Å². The highest BCUT2D eigenvalue weighted by Crippen LogP contribution is 2.31. The molecule has 0 fully saturated rings. The lowest BCUT2D eigenvalue weighted by Crippen LogP contribution is -2.21. The number of thiol groups is 1. The number of carboxylic acid groups (broad SMARTS) is 1. The molecule has 1 aromatic rings. The molecule has 0 spiro atoms. The summed E-state index contributed by atoms with van der Waals surface area (Å²) >= 11 is 4.30. The van der Waals surface area contributed by atoms with Crippen LogP contribution in [0, 0.1) is 5.92 Å². The maximum Gasteiger partial charge on any atom is 0.308 e. The molecule has 0 aliphatic heterocycles. The summed E-state index contributed by atoms with van der Waals surface area (Å²) in [6, 6.07) is 9.13. The van der Waals surface area contributed by atoms with Crippen LogP contribution in [0.4, 0.5) is 0 Å². The minimum Gasteiger partial charge on any atom is -0.481 e. The monoisotopic (exact) mass is 238 g/mol. The molecule has 1 N–H and O–H groups in total. The second kappa shape index (κ2) is 5.70. The third-order valence-electron chi connectivity index (χ3n) is 2.35. The van der Waals surface area contributed by atoms with Gasteiger partial charge in [0.05, 0.1) is 5.92 Å². The molecule has 3 nitrogen and oxygen atoms in total. The highest BCUT2D eigenvalue weighted by molar-refractivity contribution is 7.80. The molecular weight excluding hydrogens is 224 g/mol. The number of carbonyl (C=O) groups excluding carboxylic acids is 1. The Bertz CT molecular complexity index is 375. The maximum absolute atomic E-state index is 11.0. The van der Waals surface area contributed by atoms with E-state index in [2.05, 4.69) is 12.6 Å². The second-order valence-corrected chi connectivity index (χ2v) is 4.26. The van der Waals surface area contributed by atoms with Gasteiger partial charge in [-0.25, -0.2) is 0 Å². The van der Waals surface area contributed by atoms with Crippen LogP contribution in [0.25, 0.3) is 0 Å². The third-order valence-corrected chi connectivity index (χ3v) is 3.00. The quantitative estimate of drug-likeness (QED) is 0.774. The zero-order valence-electron chi connectivity index (χ0n) is 8.96. The van der Waals surface area contributed by atoms with Crippen molar-refractivity contribution in [2.45, 2.75) is 18.6 Å². The molecule has 0 bridgehead atoms. The minimum atomic E-state index is -0.987. The third kappa shape index (κ3) is 3.38. The van der Waals surface area contributed by atoms with Crippen molar-refractivity contribution in [3.63, 3.8) is 0 Å². The first-order valence-electron chi connectivity index (χ1n) is 4.97. The minimum absolute atomic E-state index is 0.0123. The Balaban J connectivity index is 2.87. The summed E-state index contributed by atoms with van der Waals surface area (Å²) in [5.41, 5.74) is 0.819. The summed E-state index contributed by atoms with van der Waals surface area (Å²) in [4.78, 5) is 22.0. The van der Waals surface area contributed by atoms with E-state index >= 15 is 0 Å². The molecule has 2 atom stereocenters. The van der Waals surface area contributed by atoms with Crippen molar-refractivity contribution in [3.8, 4) is 0 Å². The summed E-state index contributed by atoms with van der Waals surface area (Å²) in [6.45, 7) is 1.39. The topological polar surface area (TPSA) is 54.4 Å². The summed E-state index contributed by atoms with van der Waals surface area (Å²) in [5.74, 6) is -1.90. The van der Waals surface area contributed by atoms with Gasteiger partial charge in [0.15, 0.2) is 0 Å². The fourth-order valence-corrected chi connectivity index (χ4v) is 1.93. The van der Waals surface area contributed by atoms with Crippen LogP contribution in [0.15, 0.2) is 30.3 Å². The van der Waals surface area contributed by atoms with E-state index in [0.717, 1.165) is 5.56 Å². The Hall–Kier alpha value is -1.29. The Labute approximate surface area is 99.9 Å². The number of ketones is 1. The molecule has 0 heterocycles. The number of carbonyl (C=O) groups is 2. The Morgan fingerprint density at radius 1 is 1.31 bits per heavy atom. The van der Waals surface area contributed by atoms with Gasteiger partial charge >= 0.3 is 5.97 Å². The van der Waals surface area contributed by atoms with Crippen molar-refractivity contribution in [1.29, 1.82) is 0 Å². The van der Waals surface area contributed by atoms with E-state index < -0.39 is 17.1 Å². The maximum atomic E-state index is 11.0. The molecule has 0 aromatic heterocycles. The summed E-state index contributed by atoms with van der Waals surface area (Å²) in [7, 11) is 0. The number of benzene rings is 1. The standard InChI is InChI=1S/C12H14O3S/c1-8(13)7-10(12(14)15)11(16)9-5-3-2-4-6-9/h2-6,10-11,16H,7H2,1H3,(H,14,15). The average molecular weight is 238 g/mol. The van der Waals surface area contributed by atoms with Gasteiger partial charge < -0.3 is 9.90 Å². The molecule has 0 saturated carbocycles. The molecule has 0 radical (unpaired) electrons. The van der Waals surface area contributed by atoms with Crippen LogP contribution < -0.4 is 0 Å². The molecule has 1 aromatic carbocycles. The predicted octanol–water partition coefficient (Wildman–Crippen LogP) is 2.34. The zero-order chi connectivity index (χ0) is 12.1. The normalized spacial score (nSPS) is 14.1. The smallest absolute Gasteiger partial charge is 0.308 e. The van der Waals surface area contributed by atoms with Crippen LogP contribution in [-0.4, -0.2) is 16.9 Å². The Morgan fingerprint density at radius 3 is 2.31 bits per heavy atom. The SMILES string of the molecule is CC(=O)CC(C(=O)O)C(S)c1ccccc1. The average Bonchev–Trinajstić information content (AvgIpc) is 2.25. The van der Waals surface area contributed by atoms with E-state index in [0.29, 0.717) is 0 Å². The number of carboxylic acids is 1. The Kier molecular flexibility index (Phi) is 4.55. The number of Topliss-reactive ketones (excluding diaryl/α,β-unsaturated/α-hetero) is 1. The van der Waals surface area contributed by atoms with Crippen LogP contribution in [0.2, 0.25) is 0 Å². The van der Waals surface area contributed by atoms with Crippen LogP contribution in [0.3, 0.4) is 0 Å². The summed E-state index contributed by atoms with van der Waals surface area (Å²) < 4.78 is 0. The van der Waals surface area contributed by atoms with Gasteiger partial charge in [0.1, 0.15) is 5.78 Å². The molecule has 86 valence electrons. The molecule has 1 rings (SSSR count). The van der Waals surface area contributed by atoms with Crippen molar-refractivity contribution in [2.24, 2.45) is 5.92 Å². The lowest BCUT2D eigenvalue weighted by Gasteiger charge is -2.18. The van der Waals surface area contributed by atoms with E-state index in [4.69, 9.17) is 5.11 Å². The lowest BCUT2D eigenvalue weighted by molar-refractivity contribution is -0.143. The highest BCUT2D eigenvalue weighted by Gasteiger charge is 2.27. The van der Waals surface area contributed by atoms with Crippen molar-refractivity contribution < 1.29 is 14.7 Å². The second-order valence-electron chi connectivity index (χ2n) is 3.71. The van der Waals surface area contributed by atoms with Crippen molar-refractivity contribution in [2.75, 3.05) is 0 Å². The van der Waals surface area contributed by atoms with Crippen LogP contribution in [0.5, 0.6) is 0 Å². The summed E-state index contributed by atoms with van der Waals surface area (Å²) in [6.07, 6.45) is 0.0123. The van der Waals surface area contributed by atoms with Crippen molar-refractivity contribution in [1.82, 2.24) is 0 Å². The van der Waals surface area contributed by atoms with E-state index in [1.165, 1.54) is 6.92 Å². The fraction of sp³-hybridized carbons (Fsp3) is 0.333. The first-order chi connectivity index (χ1) is 7.52. The lowest BCUT2D eigenvalue weighted by atomic mass is 9.94. The van der Waals surface area contributed by atoms with Crippen LogP contribution in [-0.2, 0) is 9.59 Å². The molecule has 0 amide bonds. The van der Waals surface area contributed by atoms with Gasteiger partial charge in [0, 0.05) is 11.7 Å². The summed E-state index contributed by atoms with van der Waals surface area (Å²) in [5, 5.41) is 8.60. The molecule has 0 aliphatic carbocycles. The van der Waals surface area contributed by atoms with Gasteiger partial charge in [-0.2, -0.15) is 12.6 Å². The number of aliphatic carboxylic acids is 1. The zero-order valence-corrected chi connectivity index (χ0v) is 9.85. The molecule has 4 heteroatoms. The van der Waals surface area contributed by atoms with Gasteiger partial charge in [0.2, 0.25) is 0 Å². The van der Waals surface area contributed by atoms with Crippen LogP contribution >= 0.6 is 12.6 Å². The van der Waals surface area contributed by atoms with Crippen LogP contribution in [0.1, 0.15) is 24.2 Å². The fourth-order valence-electron chi connectivity index (χ4n) is 1.53.